The Kier molecular flexibility index (Phi) is 18.2. The molecule has 3 amide bonds. The summed E-state index contributed by atoms with van der Waals surface area (Å²) in [5, 5.41) is 9.46. The van der Waals surface area contributed by atoms with Crippen LogP contribution in [0.3, 0.4) is 0 Å². The Balaban J connectivity index is 0.000000208. The van der Waals surface area contributed by atoms with Crippen LogP contribution in [0.2, 0.25) is 0 Å². The van der Waals surface area contributed by atoms with Gasteiger partial charge in [0, 0.05) is 56.1 Å². The van der Waals surface area contributed by atoms with Crippen LogP contribution in [-0.4, -0.2) is 105 Å². The molecule has 8 rings (SSSR count). The van der Waals surface area contributed by atoms with Gasteiger partial charge in [-0.15, -0.1) is 0 Å². The van der Waals surface area contributed by atoms with Crippen LogP contribution in [-0.2, 0) is 19.6 Å². The van der Waals surface area contributed by atoms with E-state index < -0.39 is 21.9 Å². The third kappa shape index (κ3) is 14.7. The van der Waals surface area contributed by atoms with E-state index in [-0.39, 0.29) is 41.1 Å². The first-order valence-corrected chi connectivity index (χ1v) is 27.5. The van der Waals surface area contributed by atoms with Crippen molar-refractivity contribution < 1.29 is 41.5 Å². The van der Waals surface area contributed by atoms with Crippen LogP contribution in [0, 0.1) is 24.7 Å². The van der Waals surface area contributed by atoms with E-state index in [4.69, 9.17) is 8.83 Å². The zero-order chi connectivity index (χ0) is 49.7. The Labute approximate surface area is 415 Å². The molecule has 2 saturated carbocycles. The molecule has 14 nitrogen and oxygen atoms in total. The van der Waals surface area contributed by atoms with Crippen molar-refractivity contribution >= 4 is 45.1 Å². The van der Waals surface area contributed by atoms with Crippen LogP contribution in [0.5, 0.6) is 0 Å². The van der Waals surface area contributed by atoms with Gasteiger partial charge < -0.3 is 33.5 Å². The topological polar surface area (TPSA) is 174 Å². The maximum Gasteiger partial charge on any atom is 0.303 e. The second-order valence-electron chi connectivity index (χ2n) is 20.8. The number of carboxylic acid groups (broad SMARTS) is 1. The molecule has 4 aromatic rings. The molecule has 70 heavy (non-hydrogen) atoms. The van der Waals surface area contributed by atoms with E-state index in [9.17, 15) is 32.7 Å². The monoisotopic (exact) mass is 982 g/mol. The molecule has 2 aliphatic heterocycles. The number of aryl methyl sites for hydroxylation is 2. The maximum absolute atomic E-state index is 13.4. The highest BCUT2D eigenvalue weighted by Gasteiger charge is 2.38. The molecule has 0 radical (unpaired) electrons. The lowest BCUT2D eigenvalue weighted by Crippen LogP contribution is -2.48. The summed E-state index contributed by atoms with van der Waals surface area (Å²) in [7, 11) is -3.55. The fourth-order valence-electron chi connectivity index (χ4n) is 11.6. The average Bonchev–Trinajstić information content (AvgIpc) is 4.09. The quantitative estimate of drug-likeness (QED) is 0.103. The molecule has 0 unspecified atom stereocenters. The summed E-state index contributed by atoms with van der Waals surface area (Å²) < 4.78 is 36.1. The van der Waals surface area contributed by atoms with Crippen LogP contribution in [0.15, 0.2) is 94.2 Å². The Morgan fingerprint density at radius 2 is 1.00 bits per heavy atom. The number of amides is 3. The number of rotatable bonds is 17. The molecule has 2 aromatic carbocycles. The molecular formula is C55H75N5O9S. The van der Waals surface area contributed by atoms with Crippen LogP contribution >= 0.6 is 0 Å². The van der Waals surface area contributed by atoms with Gasteiger partial charge in [0.1, 0.15) is 0 Å². The highest BCUT2D eigenvalue weighted by atomic mass is 32.2. The van der Waals surface area contributed by atoms with E-state index in [1.54, 1.807) is 30.5 Å². The number of carboxylic acids is 1. The average molecular weight is 982 g/mol. The predicted molar refractivity (Wildman–Crippen MR) is 272 cm³/mol. The fraction of sp³-hybridized carbons (Fsp3) is 0.564. The van der Waals surface area contributed by atoms with Crippen molar-refractivity contribution in [1.82, 2.24) is 14.5 Å². The molecule has 2 aliphatic carbocycles. The van der Waals surface area contributed by atoms with Crippen molar-refractivity contribution in [1.29, 1.82) is 0 Å². The minimum atomic E-state index is -3.55. The number of piperidine rings is 2. The molecule has 0 atom stereocenters. The van der Waals surface area contributed by atoms with E-state index in [2.05, 4.69) is 14.5 Å². The summed E-state index contributed by atoms with van der Waals surface area (Å²) in [5.74, 6) is -0.565. The fourth-order valence-corrected chi connectivity index (χ4v) is 12.1. The van der Waals surface area contributed by atoms with Crippen LogP contribution < -0.4 is 14.5 Å². The predicted octanol–water partition coefficient (Wildman–Crippen LogP) is 10.0. The van der Waals surface area contributed by atoms with Crippen LogP contribution in [0.25, 0.3) is 0 Å². The molecule has 4 aliphatic rings. The summed E-state index contributed by atoms with van der Waals surface area (Å²) in [6.07, 6.45) is 20.8. The Bertz CT molecular complexity index is 2390. The number of hydrogen-bond acceptors (Lipinski definition) is 10. The van der Waals surface area contributed by atoms with Gasteiger partial charge in [0.25, 0.3) is 11.8 Å². The number of likely N-dealkylation sites (tertiary alicyclic amines) is 2. The SMILES string of the molecule is Cc1ccc(N(C(=O)c2ccco2)C2CCN(CCC3(CC(=O)NS(C)(=O)=O)CCCCC3)CC2)cc1.Cc1ccc(N(C(=O)c2ccco2)C2CCN(CCC3(CC(=O)O)CCCCC3)CC2)cc1. The number of aliphatic carboxylic acids is 1. The third-order valence-corrected chi connectivity index (χ3v) is 16.1. The van der Waals surface area contributed by atoms with Gasteiger partial charge >= 0.3 is 5.97 Å². The highest BCUT2D eigenvalue weighted by Crippen LogP contribution is 2.44. The number of hydrogen-bond donors (Lipinski definition) is 2. The van der Waals surface area contributed by atoms with Gasteiger partial charge in [-0.3, -0.25) is 23.9 Å². The van der Waals surface area contributed by atoms with Gasteiger partial charge in [0.15, 0.2) is 11.5 Å². The zero-order valence-corrected chi connectivity index (χ0v) is 42.4. The normalized spacial score (nSPS) is 19.1. The number of carbonyl (C=O) groups excluding carboxylic acids is 3. The van der Waals surface area contributed by atoms with Crippen molar-refractivity contribution in [3.8, 4) is 0 Å². The van der Waals surface area contributed by atoms with Crippen molar-refractivity contribution in [2.75, 3.05) is 55.3 Å². The lowest BCUT2D eigenvalue weighted by molar-refractivity contribution is -0.140. The minimum absolute atomic E-state index is 0.0376. The summed E-state index contributed by atoms with van der Waals surface area (Å²) in [6.45, 7) is 9.46. The van der Waals surface area contributed by atoms with Gasteiger partial charge in [-0.2, -0.15) is 0 Å². The molecule has 0 bridgehead atoms. The van der Waals surface area contributed by atoms with Crippen molar-refractivity contribution in [2.45, 2.75) is 142 Å². The van der Waals surface area contributed by atoms with E-state index >= 15 is 0 Å². The number of nitrogens with zero attached hydrogens (tertiary/aromatic N) is 4. The molecule has 380 valence electrons. The Morgan fingerprint density at radius 1 is 0.614 bits per heavy atom. The molecule has 4 fully saturated rings. The molecular weight excluding hydrogens is 907 g/mol. The van der Waals surface area contributed by atoms with Crippen LogP contribution in [0.1, 0.15) is 148 Å². The number of benzene rings is 2. The van der Waals surface area contributed by atoms with Gasteiger partial charge in [-0.05, 0) is 151 Å². The summed E-state index contributed by atoms with van der Waals surface area (Å²) >= 11 is 0. The highest BCUT2D eigenvalue weighted by molar-refractivity contribution is 7.89. The van der Waals surface area contributed by atoms with E-state index in [1.165, 1.54) is 19.1 Å². The second kappa shape index (κ2) is 24.2. The summed E-state index contributed by atoms with van der Waals surface area (Å²) in [6, 6.07) is 23.3. The maximum atomic E-state index is 13.4. The van der Waals surface area contributed by atoms with Gasteiger partial charge in [-0.1, -0.05) is 73.9 Å². The van der Waals surface area contributed by atoms with E-state index in [1.807, 2.05) is 72.2 Å². The number of furan rings is 2. The van der Waals surface area contributed by atoms with Crippen molar-refractivity contribution in [3.63, 3.8) is 0 Å². The molecule has 0 spiro atoms. The first-order valence-electron chi connectivity index (χ1n) is 25.6. The van der Waals surface area contributed by atoms with Crippen molar-refractivity contribution in [3.05, 3.63) is 108 Å². The smallest absolute Gasteiger partial charge is 0.303 e. The van der Waals surface area contributed by atoms with Crippen LogP contribution in [0.4, 0.5) is 11.4 Å². The molecule has 4 heterocycles. The summed E-state index contributed by atoms with van der Waals surface area (Å²) in [4.78, 5) is 59.3. The lowest BCUT2D eigenvalue weighted by Gasteiger charge is -2.41. The molecule has 15 heteroatoms. The lowest BCUT2D eigenvalue weighted by atomic mass is 9.69. The van der Waals surface area contributed by atoms with E-state index in [0.717, 1.165) is 158 Å². The number of nitrogens with one attached hydrogen (secondary N) is 1. The third-order valence-electron chi connectivity index (χ3n) is 15.5. The molecule has 2 aromatic heterocycles. The second-order valence-corrected chi connectivity index (χ2v) is 22.5. The first kappa shape index (κ1) is 52.6. The Hall–Kier alpha value is -5.25. The van der Waals surface area contributed by atoms with Gasteiger partial charge in [-0.25, -0.2) is 8.42 Å². The summed E-state index contributed by atoms with van der Waals surface area (Å²) in [5.41, 5.74) is 3.91. The molecule has 2 N–H and O–H groups in total. The standard InChI is InChI=1S/C28H39N3O5S.C27H36N2O4/c1-22-8-10-23(11-9-22)31(27(33)25-7-6-20-36-25)24-12-17-30(18-13-24)19-16-28(14-4-3-5-15-28)21-26(32)29-37(2,34)35;1-21-7-9-22(10-8-21)29(26(32)24-6-5-19-33-24)23-11-16-28(17-12-23)18-15-27(20-25(30)31)13-3-2-4-14-27/h6-11,20,24H,3-5,12-19,21H2,1-2H3,(H,29,32);5-10,19,23H,2-4,11-18,20H2,1H3,(H,30,31). The zero-order valence-electron chi connectivity index (χ0n) is 41.6. The number of anilines is 2. The van der Waals surface area contributed by atoms with Crippen molar-refractivity contribution in [2.24, 2.45) is 10.8 Å². The van der Waals surface area contributed by atoms with Gasteiger partial charge in [0.2, 0.25) is 15.9 Å². The largest absolute Gasteiger partial charge is 0.481 e. The number of carbonyl (C=O) groups is 4. The molecule has 2 saturated heterocycles. The number of sulfonamides is 1. The first-order chi connectivity index (χ1) is 33.6. The van der Waals surface area contributed by atoms with E-state index in [0.29, 0.717) is 17.9 Å². The minimum Gasteiger partial charge on any atom is -0.481 e. The Morgan fingerprint density at radius 3 is 1.34 bits per heavy atom. The van der Waals surface area contributed by atoms with Gasteiger partial charge in [0.05, 0.1) is 25.2 Å².